The molecule has 1 saturated heterocycles. The van der Waals surface area contributed by atoms with Gasteiger partial charge in [0.05, 0.1) is 13.7 Å². The fourth-order valence-electron chi connectivity index (χ4n) is 3.02. The highest BCUT2D eigenvalue weighted by Crippen LogP contribution is 2.28. The molecule has 0 aromatic heterocycles. The summed E-state index contributed by atoms with van der Waals surface area (Å²) in [5.74, 6) is 1.63. The van der Waals surface area contributed by atoms with E-state index in [1.807, 2.05) is 13.0 Å². The van der Waals surface area contributed by atoms with E-state index in [4.69, 9.17) is 9.47 Å². The Morgan fingerprint density at radius 1 is 1.29 bits per heavy atom. The number of likely N-dealkylation sites (N-methyl/N-ethyl adjacent to an activating group) is 1. The lowest BCUT2D eigenvalue weighted by Crippen LogP contribution is -2.37. The number of likely N-dealkylation sites (tertiary alicyclic amines) is 1. The zero-order chi connectivity index (χ0) is 15.1. The van der Waals surface area contributed by atoms with E-state index in [0.29, 0.717) is 12.6 Å². The molecule has 0 spiro atoms. The second-order valence-corrected chi connectivity index (χ2v) is 5.47. The molecule has 1 aromatic rings. The molecule has 0 bridgehead atoms. The Morgan fingerprint density at radius 3 is 2.86 bits per heavy atom. The SMILES string of the molecule is CCOc1ccc(CNCC2CCCN2CC)cc1OC. The lowest BCUT2D eigenvalue weighted by atomic mass is 10.2. The number of methoxy groups -OCH3 is 1. The Hall–Kier alpha value is -1.26. The fourth-order valence-corrected chi connectivity index (χ4v) is 3.02. The molecule has 0 saturated carbocycles. The first-order valence-electron chi connectivity index (χ1n) is 8.03. The van der Waals surface area contributed by atoms with E-state index in [0.717, 1.165) is 31.1 Å². The van der Waals surface area contributed by atoms with Crippen LogP contribution in [0.1, 0.15) is 32.3 Å². The van der Waals surface area contributed by atoms with Crippen LogP contribution < -0.4 is 14.8 Å². The molecule has 1 unspecified atom stereocenters. The van der Waals surface area contributed by atoms with Crippen molar-refractivity contribution in [2.75, 3.05) is 33.4 Å². The maximum atomic E-state index is 5.55. The topological polar surface area (TPSA) is 33.7 Å². The first-order valence-corrected chi connectivity index (χ1v) is 8.03. The third-order valence-electron chi connectivity index (χ3n) is 4.14. The number of hydrogen-bond donors (Lipinski definition) is 1. The van der Waals surface area contributed by atoms with Crippen LogP contribution in [0.5, 0.6) is 11.5 Å². The number of nitrogens with one attached hydrogen (secondary N) is 1. The summed E-state index contributed by atoms with van der Waals surface area (Å²) in [6, 6.07) is 6.85. The van der Waals surface area contributed by atoms with E-state index < -0.39 is 0 Å². The van der Waals surface area contributed by atoms with Crippen LogP contribution in [0.15, 0.2) is 18.2 Å². The van der Waals surface area contributed by atoms with Gasteiger partial charge >= 0.3 is 0 Å². The Kier molecular flexibility index (Phi) is 6.33. The monoisotopic (exact) mass is 292 g/mol. The molecule has 21 heavy (non-hydrogen) atoms. The molecule has 1 heterocycles. The second kappa shape index (κ2) is 8.25. The normalized spacial score (nSPS) is 18.9. The largest absolute Gasteiger partial charge is 0.493 e. The van der Waals surface area contributed by atoms with Gasteiger partial charge in [-0.2, -0.15) is 0 Å². The van der Waals surface area contributed by atoms with Crippen LogP contribution in [0.4, 0.5) is 0 Å². The van der Waals surface area contributed by atoms with Crippen LogP contribution in [0.2, 0.25) is 0 Å². The summed E-state index contributed by atoms with van der Waals surface area (Å²) in [5.41, 5.74) is 1.23. The molecule has 1 aliphatic heterocycles. The highest BCUT2D eigenvalue weighted by Gasteiger charge is 2.22. The first kappa shape index (κ1) is 16.1. The van der Waals surface area contributed by atoms with E-state index in [1.165, 1.54) is 24.9 Å². The second-order valence-electron chi connectivity index (χ2n) is 5.47. The average Bonchev–Trinajstić information content (AvgIpc) is 2.96. The van der Waals surface area contributed by atoms with Gasteiger partial charge in [-0.05, 0) is 50.6 Å². The molecule has 0 aliphatic carbocycles. The third-order valence-corrected chi connectivity index (χ3v) is 4.14. The van der Waals surface area contributed by atoms with E-state index >= 15 is 0 Å². The molecule has 1 N–H and O–H groups in total. The van der Waals surface area contributed by atoms with Crippen molar-refractivity contribution in [2.45, 2.75) is 39.3 Å². The predicted octanol–water partition coefficient (Wildman–Crippen LogP) is 2.67. The minimum Gasteiger partial charge on any atom is -0.493 e. The molecule has 0 radical (unpaired) electrons. The molecule has 4 heteroatoms. The summed E-state index contributed by atoms with van der Waals surface area (Å²) in [4.78, 5) is 2.56. The third kappa shape index (κ3) is 4.35. The van der Waals surface area contributed by atoms with Gasteiger partial charge in [0.2, 0.25) is 0 Å². The average molecular weight is 292 g/mol. The summed E-state index contributed by atoms with van der Waals surface area (Å²) in [6.45, 7) is 9.22. The molecule has 0 amide bonds. The number of benzene rings is 1. The van der Waals surface area contributed by atoms with Crippen molar-refractivity contribution in [1.82, 2.24) is 10.2 Å². The molecular formula is C17H28N2O2. The van der Waals surface area contributed by atoms with E-state index in [9.17, 15) is 0 Å². The van der Waals surface area contributed by atoms with E-state index in [2.05, 4.69) is 29.3 Å². The quantitative estimate of drug-likeness (QED) is 0.799. The van der Waals surface area contributed by atoms with Gasteiger partial charge < -0.3 is 14.8 Å². The summed E-state index contributed by atoms with van der Waals surface area (Å²) in [7, 11) is 1.69. The first-order chi connectivity index (χ1) is 10.3. The lowest BCUT2D eigenvalue weighted by Gasteiger charge is -2.23. The minimum absolute atomic E-state index is 0.655. The fraction of sp³-hybridized carbons (Fsp3) is 0.647. The van der Waals surface area contributed by atoms with Gasteiger partial charge in [-0.25, -0.2) is 0 Å². The number of nitrogens with zero attached hydrogens (tertiary/aromatic N) is 1. The van der Waals surface area contributed by atoms with Gasteiger partial charge in [-0.3, -0.25) is 4.90 Å². The van der Waals surface area contributed by atoms with Crippen LogP contribution in [0.3, 0.4) is 0 Å². The maximum absolute atomic E-state index is 5.55. The van der Waals surface area contributed by atoms with Crippen molar-refractivity contribution in [3.8, 4) is 11.5 Å². The summed E-state index contributed by atoms with van der Waals surface area (Å²) < 4.78 is 10.9. The van der Waals surface area contributed by atoms with Crippen molar-refractivity contribution in [3.05, 3.63) is 23.8 Å². The van der Waals surface area contributed by atoms with Gasteiger partial charge in [0.15, 0.2) is 11.5 Å². The van der Waals surface area contributed by atoms with Crippen LogP contribution in [0, 0.1) is 0 Å². The Morgan fingerprint density at radius 2 is 2.14 bits per heavy atom. The smallest absolute Gasteiger partial charge is 0.161 e. The zero-order valence-corrected chi connectivity index (χ0v) is 13.5. The Labute approximate surface area is 128 Å². The van der Waals surface area contributed by atoms with Crippen LogP contribution >= 0.6 is 0 Å². The summed E-state index contributed by atoms with van der Waals surface area (Å²) >= 11 is 0. The van der Waals surface area contributed by atoms with E-state index in [1.54, 1.807) is 7.11 Å². The Bertz CT molecular complexity index is 437. The molecule has 4 nitrogen and oxygen atoms in total. The number of ether oxygens (including phenoxy) is 2. The van der Waals surface area contributed by atoms with Crippen molar-refractivity contribution in [2.24, 2.45) is 0 Å². The van der Waals surface area contributed by atoms with Crippen molar-refractivity contribution >= 4 is 0 Å². The molecule has 1 aromatic carbocycles. The molecule has 2 rings (SSSR count). The van der Waals surface area contributed by atoms with Gasteiger partial charge in [0, 0.05) is 19.1 Å². The summed E-state index contributed by atoms with van der Waals surface area (Å²) in [6.07, 6.45) is 2.64. The summed E-state index contributed by atoms with van der Waals surface area (Å²) in [5, 5.41) is 3.57. The predicted molar refractivity (Wildman–Crippen MR) is 86.1 cm³/mol. The van der Waals surface area contributed by atoms with Gasteiger partial charge in [0.25, 0.3) is 0 Å². The minimum atomic E-state index is 0.655. The van der Waals surface area contributed by atoms with E-state index in [-0.39, 0.29) is 0 Å². The van der Waals surface area contributed by atoms with Crippen LogP contribution in [-0.2, 0) is 6.54 Å². The van der Waals surface area contributed by atoms with Gasteiger partial charge in [0.1, 0.15) is 0 Å². The van der Waals surface area contributed by atoms with Gasteiger partial charge in [-0.1, -0.05) is 13.0 Å². The number of hydrogen-bond acceptors (Lipinski definition) is 4. The Balaban J connectivity index is 1.85. The maximum Gasteiger partial charge on any atom is 0.161 e. The van der Waals surface area contributed by atoms with Crippen molar-refractivity contribution < 1.29 is 9.47 Å². The van der Waals surface area contributed by atoms with Gasteiger partial charge in [-0.15, -0.1) is 0 Å². The lowest BCUT2D eigenvalue weighted by molar-refractivity contribution is 0.260. The molecule has 118 valence electrons. The van der Waals surface area contributed by atoms with Crippen molar-refractivity contribution in [3.63, 3.8) is 0 Å². The highest BCUT2D eigenvalue weighted by molar-refractivity contribution is 5.42. The molecule has 1 atom stereocenters. The van der Waals surface area contributed by atoms with Crippen LogP contribution in [-0.4, -0.2) is 44.3 Å². The zero-order valence-electron chi connectivity index (χ0n) is 13.5. The standard InChI is InChI=1S/C17H28N2O2/c1-4-19-10-6-7-15(19)13-18-12-14-8-9-16(21-5-2)17(11-14)20-3/h8-9,11,15,18H,4-7,10,12-13H2,1-3H3. The van der Waals surface area contributed by atoms with Crippen LogP contribution in [0.25, 0.3) is 0 Å². The number of rotatable bonds is 8. The molecule has 1 aliphatic rings. The molecule has 1 fully saturated rings. The molecular weight excluding hydrogens is 264 g/mol. The van der Waals surface area contributed by atoms with Crippen molar-refractivity contribution in [1.29, 1.82) is 0 Å². The highest BCUT2D eigenvalue weighted by atomic mass is 16.5.